The number of hydrogen-bond acceptors (Lipinski definition) is 4. The van der Waals surface area contributed by atoms with E-state index in [1.807, 2.05) is 38.1 Å². The molecule has 2 aromatic heterocycles. The summed E-state index contributed by atoms with van der Waals surface area (Å²) < 4.78 is 32.5. The molecule has 0 aliphatic carbocycles. The molecule has 0 bridgehead atoms. The molecule has 0 spiro atoms. The van der Waals surface area contributed by atoms with Gasteiger partial charge in [-0.1, -0.05) is 26.0 Å². The van der Waals surface area contributed by atoms with E-state index in [0.717, 1.165) is 23.2 Å². The fourth-order valence-electron chi connectivity index (χ4n) is 3.38. The van der Waals surface area contributed by atoms with Crippen molar-refractivity contribution < 1.29 is 18.0 Å². The molecule has 6 nitrogen and oxygen atoms in total. The Morgan fingerprint density at radius 2 is 2.00 bits per heavy atom. The number of aromatic nitrogens is 3. The van der Waals surface area contributed by atoms with Gasteiger partial charge in [0.05, 0.1) is 28.8 Å². The van der Waals surface area contributed by atoms with Crippen LogP contribution in [0.5, 0.6) is 0 Å². The molecule has 0 fully saturated rings. The van der Waals surface area contributed by atoms with Gasteiger partial charge in [-0.05, 0) is 30.2 Å². The molecule has 0 aliphatic heterocycles. The Morgan fingerprint density at radius 1 is 1.19 bits per heavy atom. The molecule has 0 radical (unpaired) electrons. The normalized spacial score (nSPS) is 12.4. The topological polar surface area (TPSA) is 83.8 Å². The zero-order valence-corrected chi connectivity index (χ0v) is 17.2. The number of fused-ring (bicyclic) bond motifs is 1. The van der Waals surface area contributed by atoms with E-state index >= 15 is 0 Å². The maximum atomic E-state index is 13.9. The first-order chi connectivity index (χ1) is 14.9. The van der Waals surface area contributed by atoms with Gasteiger partial charge < -0.3 is 14.7 Å². The number of rotatable bonds is 7. The summed E-state index contributed by atoms with van der Waals surface area (Å²) >= 11 is 0. The van der Waals surface area contributed by atoms with Crippen LogP contribution in [0.3, 0.4) is 0 Å². The molecule has 2 heterocycles. The Kier molecular flexibility index (Phi) is 5.79. The molecule has 0 saturated carbocycles. The summed E-state index contributed by atoms with van der Waals surface area (Å²) in [7, 11) is 0. The number of aryl methyl sites for hydroxylation is 1. The minimum Gasteiger partial charge on any atom is -0.441 e. The van der Waals surface area contributed by atoms with Crippen LogP contribution in [-0.4, -0.2) is 20.9 Å². The predicted molar refractivity (Wildman–Crippen MR) is 112 cm³/mol. The highest BCUT2D eigenvalue weighted by atomic mass is 19.1. The first-order valence-electron chi connectivity index (χ1n) is 10.0. The Bertz CT molecular complexity index is 1180. The number of halogens is 2. The molecule has 8 heteroatoms. The van der Waals surface area contributed by atoms with Crippen LogP contribution in [0.2, 0.25) is 0 Å². The third-order valence-electron chi connectivity index (χ3n) is 5.00. The molecule has 1 atom stereocenters. The molecule has 4 rings (SSSR count). The van der Waals surface area contributed by atoms with E-state index in [9.17, 15) is 13.6 Å². The van der Waals surface area contributed by atoms with Crippen LogP contribution in [0.4, 0.5) is 8.78 Å². The number of aromatic amines is 1. The first-order valence-corrected chi connectivity index (χ1v) is 10.0. The number of para-hydroxylation sites is 2. The minimum absolute atomic E-state index is 0.120. The number of hydrogen-bond donors (Lipinski definition) is 2. The summed E-state index contributed by atoms with van der Waals surface area (Å²) in [5.41, 5.74) is 1.88. The number of benzene rings is 2. The van der Waals surface area contributed by atoms with Crippen molar-refractivity contribution in [1.82, 2.24) is 20.3 Å². The summed E-state index contributed by atoms with van der Waals surface area (Å²) in [4.78, 5) is 24.5. The molecular formula is C23H22F2N4O2. The number of H-pyrrole nitrogens is 1. The van der Waals surface area contributed by atoms with Gasteiger partial charge in [-0.3, -0.25) is 4.79 Å². The largest absolute Gasteiger partial charge is 0.441 e. The van der Waals surface area contributed by atoms with Crippen molar-refractivity contribution >= 4 is 16.9 Å². The van der Waals surface area contributed by atoms with Gasteiger partial charge in [-0.2, -0.15) is 0 Å². The van der Waals surface area contributed by atoms with Crippen molar-refractivity contribution in [2.45, 2.75) is 32.7 Å². The number of nitrogens with one attached hydrogen (secondary N) is 2. The van der Waals surface area contributed by atoms with Gasteiger partial charge in [0, 0.05) is 18.9 Å². The van der Waals surface area contributed by atoms with Crippen molar-refractivity contribution in [3.8, 4) is 11.3 Å². The van der Waals surface area contributed by atoms with E-state index in [0.29, 0.717) is 11.7 Å². The maximum Gasteiger partial charge on any atom is 0.221 e. The van der Waals surface area contributed by atoms with E-state index in [1.54, 1.807) is 0 Å². The van der Waals surface area contributed by atoms with Gasteiger partial charge in [0.1, 0.15) is 17.5 Å². The predicted octanol–water partition coefficient (Wildman–Crippen LogP) is 4.94. The van der Waals surface area contributed by atoms with Crippen LogP contribution >= 0.6 is 0 Å². The lowest BCUT2D eigenvalue weighted by Gasteiger charge is -2.20. The summed E-state index contributed by atoms with van der Waals surface area (Å²) in [5.74, 6) is -0.247. The fourth-order valence-corrected chi connectivity index (χ4v) is 3.38. The number of imidazole rings is 1. The van der Waals surface area contributed by atoms with Crippen molar-refractivity contribution in [3.05, 3.63) is 72.0 Å². The van der Waals surface area contributed by atoms with Crippen LogP contribution in [0, 0.1) is 17.6 Å². The molecule has 1 amide bonds. The Balaban J connectivity index is 1.40. The van der Waals surface area contributed by atoms with Crippen LogP contribution in [0.25, 0.3) is 22.4 Å². The third-order valence-corrected chi connectivity index (χ3v) is 5.00. The monoisotopic (exact) mass is 424 g/mol. The second-order valence-corrected chi connectivity index (χ2v) is 7.67. The summed E-state index contributed by atoms with van der Waals surface area (Å²) in [6.45, 7) is 4.02. The van der Waals surface area contributed by atoms with Crippen molar-refractivity contribution in [3.63, 3.8) is 0 Å². The highest BCUT2D eigenvalue weighted by Crippen LogP contribution is 2.25. The third kappa shape index (κ3) is 4.63. The second kappa shape index (κ2) is 8.67. The first kappa shape index (κ1) is 20.7. The Labute approximate surface area is 177 Å². The molecular weight excluding hydrogens is 402 g/mol. The maximum absolute atomic E-state index is 13.9. The molecule has 160 valence electrons. The lowest BCUT2D eigenvalue weighted by atomic mass is 10.0. The smallest absolute Gasteiger partial charge is 0.221 e. The van der Waals surface area contributed by atoms with E-state index in [1.165, 1.54) is 12.3 Å². The number of nitrogens with zero attached hydrogens (tertiary/aromatic N) is 2. The SMILES string of the molecule is CC(C)[C@@H](NC(=O)CCc1ncc(-c2ccc(F)cc2F)o1)c1nc2ccccc2[nH]1. The average molecular weight is 424 g/mol. The highest BCUT2D eigenvalue weighted by molar-refractivity contribution is 5.77. The quantitative estimate of drug-likeness (QED) is 0.440. The van der Waals surface area contributed by atoms with Gasteiger partial charge in [0.2, 0.25) is 5.91 Å². The van der Waals surface area contributed by atoms with Crippen LogP contribution in [-0.2, 0) is 11.2 Å². The van der Waals surface area contributed by atoms with E-state index in [4.69, 9.17) is 4.42 Å². The zero-order chi connectivity index (χ0) is 22.0. The van der Waals surface area contributed by atoms with Crippen LogP contribution < -0.4 is 5.32 Å². The van der Waals surface area contributed by atoms with Gasteiger partial charge in [0.15, 0.2) is 11.7 Å². The molecule has 0 unspecified atom stereocenters. The summed E-state index contributed by atoms with van der Waals surface area (Å²) in [6, 6.07) is 10.7. The summed E-state index contributed by atoms with van der Waals surface area (Å²) in [6.07, 6.45) is 1.77. The minimum atomic E-state index is -0.731. The standard InChI is InChI=1S/C23H22F2N4O2/c1-13(2)22(23-27-17-5-3-4-6-18(17)28-23)29-20(30)9-10-21-26-12-19(31-21)15-8-7-14(24)11-16(15)25/h3-8,11-13,22H,9-10H2,1-2H3,(H,27,28)(H,29,30)/t22-/m1/s1. The molecule has 2 N–H and O–H groups in total. The summed E-state index contributed by atoms with van der Waals surface area (Å²) in [5, 5.41) is 3.01. The van der Waals surface area contributed by atoms with E-state index in [-0.39, 0.29) is 42.0 Å². The van der Waals surface area contributed by atoms with Crippen LogP contribution in [0.1, 0.15) is 38.0 Å². The van der Waals surface area contributed by atoms with Crippen molar-refractivity contribution in [2.75, 3.05) is 0 Å². The number of carbonyl (C=O) groups excluding carboxylic acids is 1. The molecule has 2 aromatic carbocycles. The Morgan fingerprint density at radius 3 is 2.74 bits per heavy atom. The lowest BCUT2D eigenvalue weighted by Crippen LogP contribution is -2.32. The van der Waals surface area contributed by atoms with Crippen molar-refractivity contribution in [2.24, 2.45) is 5.92 Å². The van der Waals surface area contributed by atoms with Gasteiger partial charge in [-0.15, -0.1) is 0 Å². The lowest BCUT2D eigenvalue weighted by molar-refractivity contribution is -0.122. The number of carbonyl (C=O) groups is 1. The fraction of sp³-hybridized carbons (Fsp3) is 0.261. The molecule has 31 heavy (non-hydrogen) atoms. The van der Waals surface area contributed by atoms with Crippen molar-refractivity contribution in [1.29, 1.82) is 0 Å². The van der Waals surface area contributed by atoms with Gasteiger partial charge in [0.25, 0.3) is 0 Å². The highest BCUT2D eigenvalue weighted by Gasteiger charge is 2.22. The van der Waals surface area contributed by atoms with Gasteiger partial charge >= 0.3 is 0 Å². The number of oxazole rings is 1. The van der Waals surface area contributed by atoms with Gasteiger partial charge in [-0.25, -0.2) is 18.7 Å². The molecule has 0 aliphatic rings. The average Bonchev–Trinajstić information content (AvgIpc) is 3.37. The second-order valence-electron chi connectivity index (χ2n) is 7.67. The van der Waals surface area contributed by atoms with E-state index in [2.05, 4.69) is 20.3 Å². The molecule has 4 aromatic rings. The molecule has 0 saturated heterocycles. The van der Waals surface area contributed by atoms with E-state index < -0.39 is 11.6 Å². The van der Waals surface area contributed by atoms with Crippen LogP contribution in [0.15, 0.2) is 53.1 Å². The number of amides is 1. The zero-order valence-electron chi connectivity index (χ0n) is 17.2. The Hall–Kier alpha value is -3.55.